The van der Waals surface area contributed by atoms with Crippen LogP contribution in [0.15, 0.2) is 5.29 Å². The van der Waals surface area contributed by atoms with Crippen molar-refractivity contribution in [2.45, 2.75) is 20.1 Å². The first-order valence-electron chi connectivity index (χ1n) is 3.21. The van der Waals surface area contributed by atoms with Crippen LogP contribution in [0.5, 0.6) is 0 Å². The molecule has 0 aromatic rings. The predicted molar refractivity (Wildman–Crippen MR) is 38.4 cm³/mol. The number of aliphatic hydroxyl groups is 1. The van der Waals surface area contributed by atoms with Crippen molar-refractivity contribution in [2.24, 2.45) is 5.29 Å². The lowest BCUT2D eigenvalue weighted by Gasteiger charge is -2.13. The van der Waals surface area contributed by atoms with Crippen LogP contribution in [0.1, 0.15) is 13.8 Å². The van der Waals surface area contributed by atoms with Gasteiger partial charge < -0.3 is 10.4 Å². The van der Waals surface area contributed by atoms with Gasteiger partial charge in [-0.2, -0.15) is 5.01 Å². The van der Waals surface area contributed by atoms with Gasteiger partial charge in [0.2, 0.25) is 0 Å². The van der Waals surface area contributed by atoms with Gasteiger partial charge in [-0.3, -0.25) is 0 Å². The third-order valence-corrected chi connectivity index (χ3v) is 0.965. The lowest BCUT2D eigenvalue weighted by molar-refractivity contribution is 0.140. The van der Waals surface area contributed by atoms with E-state index in [0.29, 0.717) is 5.01 Å². The molecular formula is C5H11N3O3. The van der Waals surface area contributed by atoms with Crippen molar-refractivity contribution in [1.29, 1.82) is 0 Å². The second-order valence-electron chi connectivity index (χ2n) is 1.92. The van der Waals surface area contributed by atoms with Crippen LogP contribution >= 0.6 is 0 Å². The number of hydrogen-bond donors (Lipinski definition) is 2. The Hall–Kier alpha value is -1.17. The van der Waals surface area contributed by atoms with Gasteiger partial charge in [0.15, 0.2) is 0 Å². The van der Waals surface area contributed by atoms with Gasteiger partial charge in [-0.15, -0.1) is 4.91 Å². The number of carbonyl (C=O) groups is 1. The molecule has 2 N–H and O–H groups in total. The summed E-state index contributed by atoms with van der Waals surface area (Å²) in [5, 5.41) is 13.8. The SMILES string of the molecule is CCN(N=O)C(=O)NC(C)O. The molecule has 0 radical (unpaired) electrons. The van der Waals surface area contributed by atoms with E-state index in [1.807, 2.05) is 0 Å². The van der Waals surface area contributed by atoms with Gasteiger partial charge in [-0.05, 0) is 13.8 Å². The minimum atomic E-state index is -0.974. The smallest absolute Gasteiger partial charge is 0.342 e. The second kappa shape index (κ2) is 4.62. The zero-order chi connectivity index (χ0) is 8.85. The molecule has 0 aromatic carbocycles. The third kappa shape index (κ3) is 3.51. The quantitative estimate of drug-likeness (QED) is 0.348. The predicted octanol–water partition coefficient (Wildman–Crippen LogP) is 0.0376. The number of amides is 2. The minimum Gasteiger partial charge on any atom is -0.374 e. The molecule has 0 bridgehead atoms. The van der Waals surface area contributed by atoms with Gasteiger partial charge in [0, 0.05) is 6.54 Å². The number of nitrogens with zero attached hydrogens (tertiary/aromatic N) is 2. The highest BCUT2D eigenvalue weighted by atomic mass is 16.3. The fourth-order valence-electron chi connectivity index (χ4n) is 0.492. The zero-order valence-electron chi connectivity index (χ0n) is 6.44. The van der Waals surface area contributed by atoms with Crippen molar-refractivity contribution in [1.82, 2.24) is 10.3 Å². The molecule has 0 aromatic heterocycles. The Morgan fingerprint density at radius 3 is 2.64 bits per heavy atom. The van der Waals surface area contributed by atoms with E-state index in [2.05, 4.69) is 10.6 Å². The van der Waals surface area contributed by atoms with E-state index in [0.717, 1.165) is 0 Å². The fraction of sp³-hybridized carbons (Fsp3) is 0.800. The summed E-state index contributed by atoms with van der Waals surface area (Å²) in [4.78, 5) is 20.7. The largest absolute Gasteiger partial charge is 0.374 e. The Bertz CT molecular complexity index is 148. The number of aliphatic hydroxyl groups excluding tert-OH is 1. The lowest BCUT2D eigenvalue weighted by Crippen LogP contribution is -2.40. The van der Waals surface area contributed by atoms with E-state index >= 15 is 0 Å². The van der Waals surface area contributed by atoms with Gasteiger partial charge >= 0.3 is 6.03 Å². The van der Waals surface area contributed by atoms with Gasteiger partial charge in [-0.1, -0.05) is 0 Å². The Labute approximate surface area is 64.1 Å². The molecule has 11 heavy (non-hydrogen) atoms. The van der Waals surface area contributed by atoms with E-state index < -0.39 is 12.3 Å². The van der Waals surface area contributed by atoms with E-state index in [1.54, 1.807) is 6.92 Å². The average molecular weight is 161 g/mol. The topological polar surface area (TPSA) is 82.0 Å². The summed E-state index contributed by atoms with van der Waals surface area (Å²) in [6.45, 7) is 3.15. The molecule has 1 unspecified atom stereocenters. The Morgan fingerprint density at radius 1 is 1.82 bits per heavy atom. The second-order valence-corrected chi connectivity index (χ2v) is 1.92. The number of urea groups is 1. The molecule has 0 spiro atoms. The molecule has 0 saturated carbocycles. The molecule has 0 saturated heterocycles. The molecule has 6 heteroatoms. The van der Waals surface area contributed by atoms with Gasteiger partial charge in [0.05, 0.1) is 5.29 Å². The molecular weight excluding hydrogens is 150 g/mol. The number of carbonyl (C=O) groups excluding carboxylic acids is 1. The molecule has 1 atom stereocenters. The lowest BCUT2D eigenvalue weighted by atomic mass is 10.6. The molecule has 2 amide bonds. The zero-order valence-corrected chi connectivity index (χ0v) is 6.44. The molecule has 0 aliphatic rings. The van der Waals surface area contributed by atoms with Crippen LogP contribution in [0.25, 0.3) is 0 Å². The summed E-state index contributed by atoms with van der Waals surface area (Å²) >= 11 is 0. The number of hydrogen-bond acceptors (Lipinski definition) is 4. The van der Waals surface area contributed by atoms with Crippen LogP contribution < -0.4 is 5.32 Å². The van der Waals surface area contributed by atoms with E-state index in [-0.39, 0.29) is 6.54 Å². The van der Waals surface area contributed by atoms with Gasteiger partial charge in [0.25, 0.3) is 0 Å². The summed E-state index contributed by atoms with van der Waals surface area (Å²) in [5.74, 6) is 0. The Kier molecular flexibility index (Phi) is 4.12. The van der Waals surface area contributed by atoms with E-state index in [9.17, 15) is 9.70 Å². The molecule has 0 heterocycles. The monoisotopic (exact) mass is 161 g/mol. The van der Waals surface area contributed by atoms with Crippen LogP contribution in [0.2, 0.25) is 0 Å². The van der Waals surface area contributed by atoms with Gasteiger partial charge in [-0.25, -0.2) is 4.79 Å². The Morgan fingerprint density at radius 2 is 2.36 bits per heavy atom. The molecule has 0 aliphatic heterocycles. The molecule has 64 valence electrons. The van der Waals surface area contributed by atoms with Crippen molar-refractivity contribution in [2.75, 3.05) is 6.54 Å². The van der Waals surface area contributed by atoms with Crippen molar-refractivity contribution in [3.63, 3.8) is 0 Å². The third-order valence-electron chi connectivity index (χ3n) is 0.965. The summed E-state index contributed by atoms with van der Waals surface area (Å²) in [6, 6.07) is -0.697. The molecule has 0 rings (SSSR count). The average Bonchev–Trinajstić information content (AvgIpc) is 1.88. The summed E-state index contributed by atoms with van der Waals surface area (Å²) < 4.78 is 0. The summed E-state index contributed by atoms with van der Waals surface area (Å²) in [6.07, 6.45) is -0.974. The summed E-state index contributed by atoms with van der Waals surface area (Å²) in [7, 11) is 0. The molecule has 0 fully saturated rings. The van der Waals surface area contributed by atoms with E-state index in [1.165, 1.54) is 6.92 Å². The van der Waals surface area contributed by atoms with Crippen molar-refractivity contribution in [3.8, 4) is 0 Å². The summed E-state index contributed by atoms with van der Waals surface area (Å²) in [5.41, 5.74) is 0. The van der Waals surface area contributed by atoms with Crippen LogP contribution in [0, 0.1) is 4.91 Å². The van der Waals surface area contributed by atoms with Crippen LogP contribution in [-0.4, -0.2) is 28.9 Å². The molecule has 0 aliphatic carbocycles. The maximum absolute atomic E-state index is 10.8. The van der Waals surface area contributed by atoms with Crippen molar-refractivity contribution in [3.05, 3.63) is 4.91 Å². The van der Waals surface area contributed by atoms with Crippen molar-refractivity contribution < 1.29 is 9.90 Å². The first-order valence-corrected chi connectivity index (χ1v) is 3.21. The molecule has 6 nitrogen and oxygen atoms in total. The first kappa shape index (κ1) is 9.83. The van der Waals surface area contributed by atoms with Crippen LogP contribution in [-0.2, 0) is 0 Å². The van der Waals surface area contributed by atoms with Gasteiger partial charge in [0.1, 0.15) is 6.23 Å². The number of nitrogens with one attached hydrogen (secondary N) is 1. The fourth-order valence-corrected chi connectivity index (χ4v) is 0.492. The maximum atomic E-state index is 10.8. The highest BCUT2D eigenvalue weighted by Gasteiger charge is 2.11. The first-order chi connectivity index (χ1) is 5.11. The van der Waals surface area contributed by atoms with E-state index in [4.69, 9.17) is 5.11 Å². The van der Waals surface area contributed by atoms with Crippen molar-refractivity contribution >= 4 is 6.03 Å². The highest BCUT2D eigenvalue weighted by Crippen LogP contribution is 1.89. The number of rotatable bonds is 3. The maximum Gasteiger partial charge on any atom is 0.342 e. The highest BCUT2D eigenvalue weighted by molar-refractivity contribution is 5.73. The minimum absolute atomic E-state index is 0.183. The van der Waals surface area contributed by atoms with Crippen LogP contribution in [0.3, 0.4) is 0 Å². The Balaban J connectivity index is 3.89. The van der Waals surface area contributed by atoms with Crippen LogP contribution in [0.4, 0.5) is 4.79 Å². The standard InChI is InChI=1S/C5H11N3O3/c1-3-8(7-11)5(10)6-4(2)9/h4,9H,3H2,1-2H3,(H,6,10). The number of nitroso groups, excluding NO2 is 1. The normalized spacial score (nSPS) is 11.9.